The predicted octanol–water partition coefficient (Wildman–Crippen LogP) is 3.95. The first-order valence-electron chi connectivity index (χ1n) is 10.4. The Morgan fingerprint density at radius 2 is 1.77 bits per heavy atom. The van der Waals surface area contributed by atoms with Gasteiger partial charge in [0, 0.05) is 39.6 Å². The van der Waals surface area contributed by atoms with Crippen LogP contribution in [0, 0.1) is 13.8 Å². The van der Waals surface area contributed by atoms with Gasteiger partial charge in [-0.25, -0.2) is 0 Å². The highest BCUT2D eigenvalue weighted by Gasteiger charge is 2.19. The molecule has 1 fully saturated rings. The van der Waals surface area contributed by atoms with Crippen LogP contribution in [0.4, 0.5) is 0 Å². The van der Waals surface area contributed by atoms with E-state index in [-0.39, 0.29) is 29.9 Å². The average molecular weight is 520 g/mol. The number of nitrogens with one attached hydrogen (secondary N) is 2. The Morgan fingerprint density at radius 1 is 1.03 bits per heavy atom. The molecule has 1 heterocycles. The molecule has 2 aromatic rings. The number of rotatable bonds is 7. The van der Waals surface area contributed by atoms with Crippen molar-refractivity contribution < 1.29 is 4.79 Å². The number of carbonyl (C=O) groups is 1. The number of halogens is 1. The summed E-state index contributed by atoms with van der Waals surface area (Å²) in [4.78, 5) is 18.1. The number of amides is 1. The first-order valence-corrected chi connectivity index (χ1v) is 10.4. The number of aliphatic imine (C=N–C) groups is 1. The summed E-state index contributed by atoms with van der Waals surface area (Å²) in [5.74, 6) is 1.07. The summed E-state index contributed by atoms with van der Waals surface area (Å²) in [6.07, 6.45) is 2.62. The highest BCUT2D eigenvalue weighted by atomic mass is 127. The second-order valence-electron chi connectivity index (χ2n) is 7.84. The van der Waals surface area contributed by atoms with Crippen molar-refractivity contribution >= 4 is 35.8 Å². The minimum absolute atomic E-state index is 0. The lowest BCUT2D eigenvalue weighted by Gasteiger charge is -2.16. The monoisotopic (exact) mass is 520 g/mol. The van der Waals surface area contributed by atoms with E-state index in [0.29, 0.717) is 19.5 Å². The van der Waals surface area contributed by atoms with Crippen LogP contribution in [0.2, 0.25) is 0 Å². The Morgan fingerprint density at radius 3 is 2.43 bits per heavy atom. The fraction of sp³-hybridized carbons (Fsp3) is 0.417. The SMILES string of the molecule is CN=C(NCCc1cc(C)cc(C)c1)NCc1cccc(CN2CCCC2=O)c1.I. The first kappa shape index (κ1) is 24.2. The Kier molecular flexibility index (Phi) is 9.62. The predicted molar refractivity (Wildman–Crippen MR) is 134 cm³/mol. The molecule has 0 aliphatic carbocycles. The van der Waals surface area contributed by atoms with Gasteiger partial charge in [-0.05, 0) is 43.4 Å². The average Bonchev–Trinajstić information content (AvgIpc) is 3.08. The van der Waals surface area contributed by atoms with E-state index in [4.69, 9.17) is 0 Å². The third kappa shape index (κ3) is 7.31. The van der Waals surface area contributed by atoms with Crippen LogP contribution in [0.15, 0.2) is 47.5 Å². The van der Waals surface area contributed by atoms with Crippen molar-refractivity contribution in [3.8, 4) is 0 Å². The normalized spacial score (nSPS) is 13.9. The lowest BCUT2D eigenvalue weighted by atomic mass is 10.1. The fourth-order valence-corrected chi connectivity index (χ4v) is 3.87. The molecule has 0 spiro atoms. The topological polar surface area (TPSA) is 56.7 Å². The van der Waals surface area contributed by atoms with Crippen molar-refractivity contribution in [2.24, 2.45) is 4.99 Å². The summed E-state index contributed by atoms with van der Waals surface area (Å²) >= 11 is 0. The molecule has 1 aliphatic rings. The third-order valence-electron chi connectivity index (χ3n) is 5.21. The fourth-order valence-electron chi connectivity index (χ4n) is 3.87. The zero-order valence-electron chi connectivity index (χ0n) is 18.2. The van der Waals surface area contributed by atoms with Gasteiger partial charge in [0.1, 0.15) is 0 Å². The van der Waals surface area contributed by atoms with Gasteiger partial charge < -0.3 is 15.5 Å². The molecule has 0 aromatic heterocycles. The molecule has 162 valence electrons. The standard InChI is InChI=1S/C24H32N4O.HI/c1-18-12-19(2)14-20(13-18)9-10-26-24(25-3)27-16-21-6-4-7-22(15-21)17-28-11-5-8-23(28)29;/h4,6-7,12-15H,5,8-11,16-17H2,1-3H3,(H2,25,26,27);1H. The molecule has 1 amide bonds. The highest BCUT2D eigenvalue weighted by molar-refractivity contribution is 14.0. The van der Waals surface area contributed by atoms with Gasteiger partial charge >= 0.3 is 0 Å². The van der Waals surface area contributed by atoms with E-state index in [2.05, 4.69) is 71.9 Å². The van der Waals surface area contributed by atoms with Crippen molar-refractivity contribution in [1.82, 2.24) is 15.5 Å². The van der Waals surface area contributed by atoms with Crippen molar-refractivity contribution in [2.45, 2.75) is 46.2 Å². The van der Waals surface area contributed by atoms with Crippen LogP contribution < -0.4 is 10.6 Å². The number of hydrogen-bond acceptors (Lipinski definition) is 2. The molecule has 0 radical (unpaired) electrons. The minimum Gasteiger partial charge on any atom is -0.356 e. The molecular formula is C24H33IN4O. The van der Waals surface area contributed by atoms with Gasteiger partial charge in [0.05, 0.1) is 0 Å². The number of hydrogen-bond donors (Lipinski definition) is 2. The second-order valence-corrected chi connectivity index (χ2v) is 7.84. The third-order valence-corrected chi connectivity index (χ3v) is 5.21. The van der Waals surface area contributed by atoms with Crippen molar-refractivity contribution in [3.63, 3.8) is 0 Å². The smallest absolute Gasteiger partial charge is 0.222 e. The maximum Gasteiger partial charge on any atom is 0.222 e. The van der Waals surface area contributed by atoms with Crippen LogP contribution in [0.5, 0.6) is 0 Å². The zero-order valence-corrected chi connectivity index (χ0v) is 20.5. The molecule has 2 N–H and O–H groups in total. The van der Waals surface area contributed by atoms with Crippen LogP contribution in [0.25, 0.3) is 0 Å². The lowest BCUT2D eigenvalue weighted by Crippen LogP contribution is -2.37. The highest BCUT2D eigenvalue weighted by Crippen LogP contribution is 2.15. The lowest BCUT2D eigenvalue weighted by molar-refractivity contribution is -0.128. The summed E-state index contributed by atoms with van der Waals surface area (Å²) in [5.41, 5.74) is 6.31. The molecule has 6 heteroatoms. The van der Waals surface area contributed by atoms with Crippen molar-refractivity contribution in [1.29, 1.82) is 0 Å². The largest absolute Gasteiger partial charge is 0.356 e. The summed E-state index contributed by atoms with van der Waals surface area (Å²) in [5, 5.41) is 6.77. The van der Waals surface area contributed by atoms with Crippen molar-refractivity contribution in [3.05, 3.63) is 70.3 Å². The van der Waals surface area contributed by atoms with Crippen LogP contribution in [0.3, 0.4) is 0 Å². The van der Waals surface area contributed by atoms with Crippen LogP contribution in [0.1, 0.15) is 40.7 Å². The molecule has 0 unspecified atom stereocenters. The van der Waals surface area contributed by atoms with Crippen LogP contribution in [-0.2, 0) is 24.3 Å². The number of carbonyl (C=O) groups excluding carboxylic acids is 1. The Labute approximate surface area is 197 Å². The Hall–Kier alpha value is -2.09. The molecule has 3 rings (SSSR count). The number of likely N-dealkylation sites (tertiary alicyclic amines) is 1. The summed E-state index contributed by atoms with van der Waals surface area (Å²) in [7, 11) is 1.79. The molecule has 0 saturated carbocycles. The van der Waals surface area contributed by atoms with Gasteiger partial charge in [0.25, 0.3) is 0 Å². The minimum atomic E-state index is 0. The molecule has 1 saturated heterocycles. The van der Waals surface area contributed by atoms with E-state index in [1.165, 1.54) is 27.8 Å². The Bertz CT molecular complexity index is 861. The zero-order chi connectivity index (χ0) is 20.6. The molecule has 0 atom stereocenters. The van der Waals surface area contributed by atoms with E-state index in [1.807, 2.05) is 4.90 Å². The van der Waals surface area contributed by atoms with Gasteiger partial charge in [-0.2, -0.15) is 0 Å². The number of aryl methyl sites for hydroxylation is 2. The van der Waals surface area contributed by atoms with Gasteiger partial charge in [0.2, 0.25) is 5.91 Å². The summed E-state index contributed by atoms with van der Waals surface area (Å²) < 4.78 is 0. The maximum absolute atomic E-state index is 11.8. The van der Waals surface area contributed by atoms with E-state index in [9.17, 15) is 4.79 Å². The summed E-state index contributed by atoms with van der Waals surface area (Å²) in [6, 6.07) is 15.1. The molecule has 0 bridgehead atoms. The quantitative estimate of drug-likeness (QED) is 0.330. The van der Waals surface area contributed by atoms with Gasteiger partial charge in [0.15, 0.2) is 5.96 Å². The van der Waals surface area contributed by atoms with E-state index >= 15 is 0 Å². The molecule has 5 nitrogen and oxygen atoms in total. The van der Waals surface area contributed by atoms with Crippen LogP contribution in [-0.4, -0.2) is 36.9 Å². The molecule has 2 aromatic carbocycles. The molecule has 1 aliphatic heterocycles. The van der Waals surface area contributed by atoms with E-state index < -0.39 is 0 Å². The maximum atomic E-state index is 11.8. The number of nitrogens with zero attached hydrogens (tertiary/aromatic N) is 2. The number of benzene rings is 2. The van der Waals surface area contributed by atoms with Crippen molar-refractivity contribution in [2.75, 3.05) is 20.1 Å². The van der Waals surface area contributed by atoms with E-state index in [0.717, 1.165) is 31.9 Å². The number of guanidine groups is 1. The van der Waals surface area contributed by atoms with E-state index in [1.54, 1.807) is 7.05 Å². The second kappa shape index (κ2) is 11.9. The Balaban J connectivity index is 0.00000320. The summed E-state index contributed by atoms with van der Waals surface area (Å²) in [6.45, 7) is 7.38. The molecule has 30 heavy (non-hydrogen) atoms. The van der Waals surface area contributed by atoms with Gasteiger partial charge in [-0.3, -0.25) is 9.79 Å². The van der Waals surface area contributed by atoms with Gasteiger partial charge in [-0.15, -0.1) is 24.0 Å². The van der Waals surface area contributed by atoms with Crippen LogP contribution >= 0.6 is 24.0 Å². The van der Waals surface area contributed by atoms with Gasteiger partial charge in [-0.1, -0.05) is 53.6 Å². The molecular weight excluding hydrogens is 487 g/mol. The first-order chi connectivity index (χ1) is 14.0.